The quantitative estimate of drug-likeness (QED) is 0.563. The van der Waals surface area contributed by atoms with Crippen LogP contribution >= 0.6 is 0 Å². The van der Waals surface area contributed by atoms with Gasteiger partial charge in [-0.3, -0.25) is 4.79 Å². The zero-order valence-corrected chi connectivity index (χ0v) is 9.00. The van der Waals surface area contributed by atoms with E-state index in [0.717, 1.165) is 5.57 Å². The Labute approximate surface area is 88.4 Å². The molecular formula is C12H13FO2. The molecule has 0 aliphatic rings. The molecule has 3 heteroatoms. The lowest BCUT2D eigenvalue weighted by atomic mass is 10.1. The van der Waals surface area contributed by atoms with Crippen LogP contribution in [-0.4, -0.2) is 12.9 Å². The van der Waals surface area contributed by atoms with Crippen LogP contribution in [0.5, 0.6) is 5.75 Å². The zero-order chi connectivity index (χ0) is 11.4. The van der Waals surface area contributed by atoms with E-state index in [9.17, 15) is 9.18 Å². The first-order valence-corrected chi connectivity index (χ1v) is 4.57. The first-order valence-electron chi connectivity index (χ1n) is 4.57. The predicted octanol–water partition coefficient (Wildman–Crippen LogP) is 2.98. The third-order valence-corrected chi connectivity index (χ3v) is 1.85. The summed E-state index contributed by atoms with van der Waals surface area (Å²) in [5, 5.41) is 0. The number of allylic oxidation sites excluding steroid dienone is 2. The summed E-state index contributed by atoms with van der Waals surface area (Å²) in [6.07, 6.45) is 1.50. The molecule has 1 aromatic rings. The normalized spacial score (nSPS) is 9.60. The lowest BCUT2D eigenvalue weighted by Crippen LogP contribution is -2.00. The Morgan fingerprint density at radius 1 is 1.40 bits per heavy atom. The van der Waals surface area contributed by atoms with Gasteiger partial charge in [-0.1, -0.05) is 5.57 Å². The Morgan fingerprint density at radius 3 is 2.60 bits per heavy atom. The first kappa shape index (κ1) is 11.4. The lowest BCUT2D eigenvalue weighted by molar-refractivity contribution is 0.104. The van der Waals surface area contributed by atoms with E-state index >= 15 is 0 Å². The van der Waals surface area contributed by atoms with E-state index in [1.807, 2.05) is 13.8 Å². The van der Waals surface area contributed by atoms with Gasteiger partial charge in [-0.05, 0) is 32.1 Å². The maximum atomic E-state index is 12.9. The fourth-order valence-corrected chi connectivity index (χ4v) is 1.21. The standard InChI is InChI=1S/C12H13FO2/c1-8(2)6-11(14)10-5-4-9(13)7-12(10)15-3/h4-7H,1-3H3. The number of hydrogen-bond acceptors (Lipinski definition) is 2. The van der Waals surface area contributed by atoms with Gasteiger partial charge in [0, 0.05) is 6.07 Å². The number of hydrogen-bond donors (Lipinski definition) is 0. The average Bonchev–Trinajstić information content (AvgIpc) is 2.16. The van der Waals surface area contributed by atoms with Crippen LogP contribution in [0.4, 0.5) is 4.39 Å². The number of ether oxygens (including phenoxy) is 1. The highest BCUT2D eigenvalue weighted by Gasteiger charge is 2.10. The van der Waals surface area contributed by atoms with Crippen molar-refractivity contribution in [1.29, 1.82) is 0 Å². The Kier molecular flexibility index (Phi) is 3.61. The summed E-state index contributed by atoms with van der Waals surface area (Å²) >= 11 is 0. The molecule has 0 aromatic heterocycles. The number of halogens is 1. The van der Waals surface area contributed by atoms with E-state index in [4.69, 9.17) is 4.74 Å². The smallest absolute Gasteiger partial charge is 0.189 e. The molecule has 0 amide bonds. The monoisotopic (exact) mass is 208 g/mol. The Balaban J connectivity index is 3.14. The van der Waals surface area contributed by atoms with Gasteiger partial charge >= 0.3 is 0 Å². The number of rotatable bonds is 3. The lowest BCUT2D eigenvalue weighted by Gasteiger charge is -2.05. The first-order chi connectivity index (χ1) is 7.04. The topological polar surface area (TPSA) is 26.3 Å². The van der Waals surface area contributed by atoms with Crippen molar-refractivity contribution < 1.29 is 13.9 Å². The molecule has 0 N–H and O–H groups in total. The van der Waals surface area contributed by atoms with Gasteiger partial charge in [0.05, 0.1) is 12.7 Å². The maximum Gasteiger partial charge on any atom is 0.189 e. The van der Waals surface area contributed by atoms with Gasteiger partial charge < -0.3 is 4.74 Å². The van der Waals surface area contributed by atoms with Crippen molar-refractivity contribution in [1.82, 2.24) is 0 Å². The molecule has 0 aliphatic heterocycles. The molecule has 1 aromatic carbocycles. The number of carbonyl (C=O) groups is 1. The van der Waals surface area contributed by atoms with Crippen LogP contribution in [0.3, 0.4) is 0 Å². The van der Waals surface area contributed by atoms with Crippen LogP contribution in [0.15, 0.2) is 29.8 Å². The minimum atomic E-state index is -0.416. The van der Waals surface area contributed by atoms with Gasteiger partial charge in [0.15, 0.2) is 5.78 Å². The molecule has 80 valence electrons. The molecule has 0 aliphatic carbocycles. The molecule has 0 unspecified atom stereocenters. The van der Waals surface area contributed by atoms with Crippen LogP contribution in [0.25, 0.3) is 0 Å². The van der Waals surface area contributed by atoms with Crippen molar-refractivity contribution in [2.75, 3.05) is 7.11 Å². The summed E-state index contributed by atoms with van der Waals surface area (Å²) in [6, 6.07) is 3.87. The largest absolute Gasteiger partial charge is 0.496 e. The van der Waals surface area contributed by atoms with Crippen LogP contribution in [0.1, 0.15) is 24.2 Å². The van der Waals surface area contributed by atoms with Crippen molar-refractivity contribution in [3.8, 4) is 5.75 Å². The Hall–Kier alpha value is -1.64. The maximum absolute atomic E-state index is 12.9. The summed E-state index contributed by atoms with van der Waals surface area (Å²) in [6.45, 7) is 3.65. The second-order valence-corrected chi connectivity index (χ2v) is 3.43. The molecule has 0 saturated heterocycles. The van der Waals surface area contributed by atoms with Crippen LogP contribution in [0.2, 0.25) is 0 Å². The second kappa shape index (κ2) is 4.73. The Morgan fingerprint density at radius 2 is 2.07 bits per heavy atom. The van der Waals surface area contributed by atoms with Gasteiger partial charge in [-0.2, -0.15) is 0 Å². The van der Waals surface area contributed by atoms with E-state index < -0.39 is 5.82 Å². The van der Waals surface area contributed by atoms with Gasteiger partial charge in [0.25, 0.3) is 0 Å². The summed E-state index contributed by atoms with van der Waals surface area (Å²) in [7, 11) is 1.41. The van der Waals surface area contributed by atoms with Crippen molar-refractivity contribution in [3.05, 3.63) is 41.2 Å². The molecule has 0 spiro atoms. The summed E-state index contributed by atoms with van der Waals surface area (Å²) in [5.74, 6) is -0.329. The molecule has 0 radical (unpaired) electrons. The minimum Gasteiger partial charge on any atom is -0.496 e. The van der Waals surface area contributed by atoms with Gasteiger partial charge in [0.1, 0.15) is 11.6 Å². The molecular weight excluding hydrogens is 195 g/mol. The average molecular weight is 208 g/mol. The highest BCUT2D eigenvalue weighted by Crippen LogP contribution is 2.20. The SMILES string of the molecule is COc1cc(F)ccc1C(=O)C=C(C)C. The zero-order valence-electron chi connectivity index (χ0n) is 9.00. The molecule has 15 heavy (non-hydrogen) atoms. The summed E-state index contributed by atoms with van der Waals surface area (Å²) in [4.78, 5) is 11.7. The summed E-state index contributed by atoms with van der Waals surface area (Å²) < 4.78 is 17.8. The minimum absolute atomic E-state index is 0.174. The molecule has 0 fully saturated rings. The predicted molar refractivity (Wildman–Crippen MR) is 56.7 cm³/mol. The number of ketones is 1. The van der Waals surface area contributed by atoms with Crippen LogP contribution < -0.4 is 4.74 Å². The molecule has 0 heterocycles. The fourth-order valence-electron chi connectivity index (χ4n) is 1.21. The third kappa shape index (κ3) is 2.91. The third-order valence-electron chi connectivity index (χ3n) is 1.85. The van der Waals surface area contributed by atoms with Crippen molar-refractivity contribution in [2.45, 2.75) is 13.8 Å². The molecule has 0 bridgehead atoms. The number of benzene rings is 1. The van der Waals surface area contributed by atoms with E-state index in [-0.39, 0.29) is 11.5 Å². The van der Waals surface area contributed by atoms with Crippen molar-refractivity contribution >= 4 is 5.78 Å². The van der Waals surface area contributed by atoms with Gasteiger partial charge in [-0.15, -0.1) is 0 Å². The molecule has 2 nitrogen and oxygen atoms in total. The molecule has 0 saturated carbocycles. The second-order valence-electron chi connectivity index (χ2n) is 3.43. The van der Waals surface area contributed by atoms with E-state index in [1.54, 1.807) is 0 Å². The number of carbonyl (C=O) groups excluding carboxylic acids is 1. The molecule has 1 rings (SSSR count). The Bertz CT molecular complexity index is 404. The molecule has 0 atom stereocenters. The van der Waals surface area contributed by atoms with Gasteiger partial charge in [0.2, 0.25) is 0 Å². The number of methoxy groups -OCH3 is 1. The van der Waals surface area contributed by atoms with E-state index in [0.29, 0.717) is 5.56 Å². The van der Waals surface area contributed by atoms with E-state index in [1.165, 1.54) is 31.4 Å². The van der Waals surface area contributed by atoms with Crippen molar-refractivity contribution in [3.63, 3.8) is 0 Å². The highest BCUT2D eigenvalue weighted by atomic mass is 19.1. The van der Waals surface area contributed by atoms with Gasteiger partial charge in [-0.25, -0.2) is 4.39 Å². The van der Waals surface area contributed by atoms with Crippen LogP contribution in [-0.2, 0) is 0 Å². The van der Waals surface area contributed by atoms with Crippen LogP contribution in [0, 0.1) is 5.82 Å². The fraction of sp³-hybridized carbons (Fsp3) is 0.250. The highest BCUT2D eigenvalue weighted by molar-refractivity contribution is 6.06. The van der Waals surface area contributed by atoms with E-state index in [2.05, 4.69) is 0 Å². The van der Waals surface area contributed by atoms with Crippen molar-refractivity contribution in [2.24, 2.45) is 0 Å². The summed E-state index contributed by atoms with van der Waals surface area (Å²) in [5.41, 5.74) is 1.27.